The van der Waals surface area contributed by atoms with Crippen molar-refractivity contribution in [2.24, 2.45) is 14.1 Å². The molecule has 2 bridgehead atoms. The van der Waals surface area contributed by atoms with Crippen LogP contribution < -0.4 is 4.74 Å². The molecule has 4 heterocycles. The number of carbonyl (C=O) groups is 1. The van der Waals surface area contributed by atoms with Crippen molar-refractivity contribution in [3.63, 3.8) is 0 Å². The van der Waals surface area contributed by atoms with E-state index in [-0.39, 0.29) is 18.0 Å². The first kappa shape index (κ1) is 20.4. The van der Waals surface area contributed by atoms with Crippen molar-refractivity contribution in [3.8, 4) is 17.1 Å². The highest BCUT2D eigenvalue weighted by molar-refractivity contribution is 6.35. The molecule has 2 aliphatic rings. The van der Waals surface area contributed by atoms with Crippen LogP contribution in [-0.2, 0) is 20.5 Å². The van der Waals surface area contributed by atoms with Crippen molar-refractivity contribution in [1.82, 2.24) is 24.5 Å². The van der Waals surface area contributed by atoms with Gasteiger partial charge in [-0.1, -0.05) is 23.2 Å². The molecule has 1 fully saturated rings. The van der Waals surface area contributed by atoms with Gasteiger partial charge in [0.1, 0.15) is 5.56 Å². The number of rotatable bonds is 3. The molecule has 1 amide bonds. The summed E-state index contributed by atoms with van der Waals surface area (Å²) in [6.07, 6.45) is 5.23. The Hall–Kier alpha value is -2.51. The molecule has 0 N–H and O–H groups in total. The summed E-state index contributed by atoms with van der Waals surface area (Å²) in [6.45, 7) is 0. The van der Waals surface area contributed by atoms with E-state index in [9.17, 15) is 4.79 Å². The zero-order valence-electron chi connectivity index (χ0n) is 17.6. The second-order valence-electron chi connectivity index (χ2n) is 8.20. The molecule has 0 saturated carbocycles. The summed E-state index contributed by atoms with van der Waals surface area (Å²) >= 11 is 12.5. The van der Waals surface area contributed by atoms with Crippen LogP contribution in [0.3, 0.4) is 0 Å². The molecular weight excluding hydrogens is 437 g/mol. The fraction of sp³-hybridized carbons (Fsp3) is 0.409. The quantitative estimate of drug-likeness (QED) is 0.580. The number of carbonyl (C=O) groups excluding carboxylic acids is 1. The SMILES string of the molecule is COc1c(C(=O)N2C3CCCC2c2nn(C)c(-c4cc(Cl)cc(Cl)c4)c2C3)cnn1C. The van der Waals surface area contributed by atoms with E-state index in [1.807, 2.05) is 28.8 Å². The lowest BCUT2D eigenvalue weighted by atomic mass is 9.81. The van der Waals surface area contributed by atoms with Crippen LogP contribution in [0.15, 0.2) is 24.4 Å². The van der Waals surface area contributed by atoms with E-state index in [4.69, 9.17) is 33.0 Å². The predicted molar refractivity (Wildman–Crippen MR) is 119 cm³/mol. The third kappa shape index (κ3) is 3.22. The molecule has 2 unspecified atom stereocenters. The number of nitrogens with zero attached hydrogens (tertiary/aromatic N) is 5. The van der Waals surface area contributed by atoms with Gasteiger partial charge in [0.2, 0.25) is 5.88 Å². The van der Waals surface area contributed by atoms with Crippen LogP contribution in [0.4, 0.5) is 0 Å². The smallest absolute Gasteiger partial charge is 0.261 e. The zero-order chi connectivity index (χ0) is 21.9. The van der Waals surface area contributed by atoms with Gasteiger partial charge in [-0.2, -0.15) is 10.2 Å². The fourth-order valence-corrected chi connectivity index (χ4v) is 5.68. The zero-order valence-corrected chi connectivity index (χ0v) is 19.1. The first-order chi connectivity index (χ1) is 14.9. The summed E-state index contributed by atoms with van der Waals surface area (Å²) in [5.74, 6) is 0.424. The lowest BCUT2D eigenvalue weighted by molar-refractivity contribution is 0.0388. The molecule has 3 aromatic rings. The summed E-state index contributed by atoms with van der Waals surface area (Å²) in [7, 11) is 5.26. The first-order valence-corrected chi connectivity index (χ1v) is 11.1. The average Bonchev–Trinajstić information content (AvgIpc) is 3.25. The van der Waals surface area contributed by atoms with Gasteiger partial charge in [0, 0.05) is 41.3 Å². The van der Waals surface area contributed by atoms with E-state index in [2.05, 4.69) is 5.10 Å². The van der Waals surface area contributed by atoms with E-state index in [1.54, 1.807) is 31.1 Å². The largest absolute Gasteiger partial charge is 0.481 e. The summed E-state index contributed by atoms with van der Waals surface area (Å²) in [6, 6.07) is 5.58. The standard InChI is InChI=1S/C22H23Cl2N5O2/c1-27-20(12-7-13(23)9-14(24)8-12)16-10-15-5-4-6-18(19(16)26-27)29(15)21(30)17-11-25-28(2)22(17)31-3/h7-9,11,15,18H,4-6,10H2,1-3H3. The van der Waals surface area contributed by atoms with Crippen LogP contribution in [0.2, 0.25) is 10.0 Å². The molecule has 2 aromatic heterocycles. The van der Waals surface area contributed by atoms with E-state index >= 15 is 0 Å². The number of piperidine rings is 1. The van der Waals surface area contributed by atoms with Crippen LogP contribution in [0.5, 0.6) is 5.88 Å². The Morgan fingerprint density at radius 3 is 2.58 bits per heavy atom. The molecule has 9 heteroatoms. The molecule has 1 saturated heterocycles. The molecule has 5 rings (SSSR count). The van der Waals surface area contributed by atoms with Gasteiger partial charge in [0.25, 0.3) is 5.91 Å². The van der Waals surface area contributed by atoms with Crippen molar-refractivity contribution >= 4 is 29.1 Å². The second-order valence-corrected chi connectivity index (χ2v) is 9.08. The highest BCUT2D eigenvalue weighted by Gasteiger charge is 2.44. The Morgan fingerprint density at radius 2 is 1.87 bits per heavy atom. The average molecular weight is 460 g/mol. The van der Waals surface area contributed by atoms with Crippen LogP contribution in [0.1, 0.15) is 46.9 Å². The molecule has 1 aromatic carbocycles. The first-order valence-electron chi connectivity index (χ1n) is 10.3. The van der Waals surface area contributed by atoms with Gasteiger partial charge in [-0.15, -0.1) is 0 Å². The number of ether oxygens (including phenoxy) is 1. The molecule has 2 atom stereocenters. The third-order valence-corrected chi connectivity index (χ3v) is 6.79. The maximum atomic E-state index is 13.6. The molecular formula is C22H23Cl2N5O2. The number of aryl methyl sites for hydroxylation is 2. The Balaban J connectivity index is 1.59. The van der Waals surface area contributed by atoms with Crippen molar-refractivity contribution in [2.75, 3.05) is 7.11 Å². The number of fused-ring (bicyclic) bond motifs is 4. The molecule has 0 aliphatic carbocycles. The van der Waals surface area contributed by atoms with Crippen molar-refractivity contribution in [2.45, 2.75) is 37.8 Å². The molecule has 0 spiro atoms. The molecule has 0 radical (unpaired) electrons. The minimum absolute atomic E-state index is 0.0525. The van der Waals surface area contributed by atoms with E-state index in [1.165, 1.54) is 5.56 Å². The number of hydrogen-bond acceptors (Lipinski definition) is 4. The van der Waals surface area contributed by atoms with Crippen LogP contribution in [-0.4, -0.2) is 43.5 Å². The van der Waals surface area contributed by atoms with Crippen LogP contribution in [0.25, 0.3) is 11.3 Å². The number of benzene rings is 1. The topological polar surface area (TPSA) is 65.2 Å². The predicted octanol–water partition coefficient (Wildman–Crippen LogP) is 4.43. The molecule has 31 heavy (non-hydrogen) atoms. The van der Waals surface area contributed by atoms with Gasteiger partial charge in [0.05, 0.1) is 30.7 Å². The van der Waals surface area contributed by atoms with E-state index < -0.39 is 0 Å². The summed E-state index contributed by atoms with van der Waals surface area (Å²) in [5, 5.41) is 10.3. The van der Waals surface area contributed by atoms with Gasteiger partial charge in [-0.05, 0) is 43.9 Å². The fourth-order valence-electron chi connectivity index (χ4n) is 5.15. The minimum atomic E-state index is -0.0745. The lowest BCUT2D eigenvalue weighted by Gasteiger charge is -2.45. The summed E-state index contributed by atoms with van der Waals surface area (Å²) < 4.78 is 8.90. The highest BCUT2D eigenvalue weighted by atomic mass is 35.5. The normalized spacial score (nSPS) is 20.0. The summed E-state index contributed by atoms with van der Waals surface area (Å²) in [5.41, 5.74) is 4.59. The van der Waals surface area contributed by atoms with Crippen molar-refractivity contribution in [1.29, 1.82) is 0 Å². The third-order valence-electron chi connectivity index (χ3n) is 6.35. The molecule has 7 nitrogen and oxygen atoms in total. The van der Waals surface area contributed by atoms with Crippen LogP contribution >= 0.6 is 23.2 Å². The second kappa shape index (κ2) is 7.57. The molecule has 2 aliphatic heterocycles. The Labute approximate surface area is 190 Å². The van der Waals surface area contributed by atoms with E-state index in [0.717, 1.165) is 42.6 Å². The Bertz CT molecular complexity index is 1160. The van der Waals surface area contributed by atoms with Gasteiger partial charge in [0.15, 0.2) is 0 Å². The minimum Gasteiger partial charge on any atom is -0.481 e. The number of amides is 1. The number of aromatic nitrogens is 4. The van der Waals surface area contributed by atoms with Crippen molar-refractivity contribution in [3.05, 3.63) is 51.3 Å². The number of methoxy groups -OCH3 is 1. The van der Waals surface area contributed by atoms with Gasteiger partial charge in [-0.3, -0.25) is 9.48 Å². The van der Waals surface area contributed by atoms with Crippen LogP contribution in [0, 0.1) is 0 Å². The monoisotopic (exact) mass is 459 g/mol. The van der Waals surface area contributed by atoms with Gasteiger partial charge < -0.3 is 9.64 Å². The number of halogens is 2. The lowest BCUT2D eigenvalue weighted by Crippen LogP contribution is -2.49. The van der Waals surface area contributed by atoms with E-state index in [0.29, 0.717) is 21.5 Å². The molecule has 162 valence electrons. The number of hydrogen-bond donors (Lipinski definition) is 0. The Morgan fingerprint density at radius 1 is 1.13 bits per heavy atom. The Kier molecular flexibility index (Phi) is 4.98. The highest BCUT2D eigenvalue weighted by Crippen LogP contribution is 2.45. The maximum Gasteiger partial charge on any atom is 0.261 e. The van der Waals surface area contributed by atoms with Crippen molar-refractivity contribution < 1.29 is 9.53 Å². The van der Waals surface area contributed by atoms with Gasteiger partial charge in [-0.25, -0.2) is 4.68 Å². The maximum absolute atomic E-state index is 13.6. The van der Waals surface area contributed by atoms with Gasteiger partial charge >= 0.3 is 0 Å². The summed E-state index contributed by atoms with van der Waals surface area (Å²) in [4.78, 5) is 15.6.